The Kier molecular flexibility index (Phi) is 2.83. The van der Waals surface area contributed by atoms with Crippen molar-refractivity contribution in [1.29, 1.82) is 0 Å². The number of rotatable bonds is 2. The van der Waals surface area contributed by atoms with Gasteiger partial charge >= 0.3 is 0 Å². The van der Waals surface area contributed by atoms with Gasteiger partial charge in [-0.05, 0) is 13.8 Å². The minimum absolute atomic E-state index is 0.512. The number of nitrogens with one attached hydrogen (secondary N) is 1. The van der Waals surface area contributed by atoms with Gasteiger partial charge < -0.3 is 9.88 Å². The van der Waals surface area contributed by atoms with Crippen LogP contribution in [0, 0.1) is 0 Å². The van der Waals surface area contributed by atoms with Crippen molar-refractivity contribution in [3.63, 3.8) is 0 Å². The predicted octanol–water partition coefficient (Wildman–Crippen LogP) is 2.23. The second kappa shape index (κ2) is 3.97. The van der Waals surface area contributed by atoms with Crippen LogP contribution in [0.3, 0.4) is 0 Å². The second-order valence-corrected chi connectivity index (χ2v) is 4.91. The lowest BCUT2D eigenvalue weighted by molar-refractivity contribution is 0.515. The molecule has 3 heteroatoms. The minimum atomic E-state index is 0.512. The highest BCUT2D eigenvalue weighted by Crippen LogP contribution is 2.25. The summed E-state index contributed by atoms with van der Waals surface area (Å²) in [6, 6.07) is 0.525. The molecule has 0 aliphatic carbocycles. The van der Waals surface area contributed by atoms with E-state index in [2.05, 4.69) is 37.6 Å². The smallest absolute Gasteiger partial charge is 0.112 e. The largest absolute Gasteiger partial charge is 0.329 e. The molecule has 15 heavy (non-hydrogen) atoms. The minimum Gasteiger partial charge on any atom is -0.329 e. The molecule has 0 spiro atoms. The maximum absolute atomic E-state index is 4.77. The summed E-state index contributed by atoms with van der Waals surface area (Å²) in [7, 11) is 0. The summed E-state index contributed by atoms with van der Waals surface area (Å²) in [5, 5.41) is 3.38. The van der Waals surface area contributed by atoms with Crippen LogP contribution in [0.4, 0.5) is 0 Å². The first-order valence-corrected chi connectivity index (χ1v) is 5.91. The normalized spacial score (nSPS) is 16.1. The average molecular weight is 207 g/mol. The molecule has 0 fully saturated rings. The van der Waals surface area contributed by atoms with E-state index >= 15 is 0 Å². The fourth-order valence-electron chi connectivity index (χ4n) is 2.34. The molecule has 2 rings (SSSR count). The molecule has 3 nitrogen and oxygen atoms in total. The Bertz CT molecular complexity index is 350. The molecular weight excluding hydrogens is 186 g/mol. The summed E-state index contributed by atoms with van der Waals surface area (Å²) in [6.07, 6.45) is 1.12. The Morgan fingerprint density at radius 3 is 2.60 bits per heavy atom. The molecule has 84 valence electrons. The first kappa shape index (κ1) is 10.7. The highest BCUT2D eigenvalue weighted by atomic mass is 15.1. The Morgan fingerprint density at radius 1 is 1.27 bits per heavy atom. The van der Waals surface area contributed by atoms with Crippen LogP contribution < -0.4 is 5.32 Å². The Balaban J connectivity index is 2.51. The molecule has 1 aliphatic heterocycles. The molecule has 2 heterocycles. The summed E-state index contributed by atoms with van der Waals surface area (Å²) in [6.45, 7) is 11.0. The van der Waals surface area contributed by atoms with Crippen molar-refractivity contribution in [1.82, 2.24) is 14.9 Å². The van der Waals surface area contributed by atoms with Crippen LogP contribution in [0.1, 0.15) is 56.9 Å². The van der Waals surface area contributed by atoms with Crippen molar-refractivity contribution in [3.8, 4) is 0 Å². The van der Waals surface area contributed by atoms with E-state index in [0.717, 1.165) is 19.5 Å². The lowest BCUT2D eigenvalue weighted by Gasteiger charge is -2.19. The number of hydrogen-bond acceptors (Lipinski definition) is 2. The summed E-state index contributed by atoms with van der Waals surface area (Å²) in [5.74, 6) is 1.76. The van der Waals surface area contributed by atoms with Crippen molar-refractivity contribution in [2.45, 2.75) is 52.6 Å². The van der Waals surface area contributed by atoms with Gasteiger partial charge in [-0.1, -0.05) is 13.8 Å². The lowest BCUT2D eigenvalue weighted by Crippen LogP contribution is -2.25. The van der Waals surface area contributed by atoms with Gasteiger partial charge in [-0.2, -0.15) is 0 Å². The van der Waals surface area contributed by atoms with Crippen molar-refractivity contribution < 1.29 is 0 Å². The second-order valence-electron chi connectivity index (χ2n) is 4.91. The van der Waals surface area contributed by atoms with Crippen molar-refractivity contribution >= 4 is 0 Å². The van der Waals surface area contributed by atoms with Crippen LogP contribution in [0.25, 0.3) is 0 Å². The molecule has 0 saturated heterocycles. The molecule has 0 saturated carbocycles. The zero-order valence-electron chi connectivity index (χ0n) is 10.2. The van der Waals surface area contributed by atoms with Gasteiger partial charge in [0.1, 0.15) is 5.82 Å². The SMILES string of the molecule is CC(C)c1nc2c(n1C(C)C)CCNC2. The Hall–Kier alpha value is -0.830. The van der Waals surface area contributed by atoms with Gasteiger partial charge in [0.25, 0.3) is 0 Å². The van der Waals surface area contributed by atoms with Crippen LogP contribution in [0.15, 0.2) is 0 Å². The standard InChI is InChI=1S/C12H21N3/c1-8(2)12-14-10-7-13-6-5-11(10)15(12)9(3)4/h8-9,13H,5-7H2,1-4H3. The summed E-state index contributed by atoms with van der Waals surface area (Å²) < 4.78 is 2.43. The van der Waals surface area contributed by atoms with Crippen LogP contribution in [0.5, 0.6) is 0 Å². The number of fused-ring (bicyclic) bond motifs is 1. The summed E-state index contributed by atoms with van der Waals surface area (Å²) >= 11 is 0. The van der Waals surface area contributed by atoms with E-state index in [4.69, 9.17) is 4.98 Å². The highest BCUT2D eigenvalue weighted by Gasteiger charge is 2.22. The molecule has 0 atom stereocenters. The van der Waals surface area contributed by atoms with Crippen LogP contribution in [-0.4, -0.2) is 16.1 Å². The van der Waals surface area contributed by atoms with Crippen LogP contribution in [0.2, 0.25) is 0 Å². The molecule has 0 bridgehead atoms. The maximum Gasteiger partial charge on any atom is 0.112 e. The third-order valence-electron chi connectivity index (χ3n) is 2.98. The molecule has 1 aliphatic rings. The van der Waals surface area contributed by atoms with Gasteiger partial charge in [0.15, 0.2) is 0 Å². The molecule has 0 amide bonds. The number of nitrogens with zero attached hydrogens (tertiary/aromatic N) is 2. The zero-order chi connectivity index (χ0) is 11.0. The predicted molar refractivity (Wildman–Crippen MR) is 62.1 cm³/mol. The van der Waals surface area contributed by atoms with Gasteiger partial charge in [0, 0.05) is 37.2 Å². The molecule has 0 aromatic carbocycles. The Morgan fingerprint density at radius 2 is 2.00 bits per heavy atom. The van der Waals surface area contributed by atoms with Gasteiger partial charge in [-0.3, -0.25) is 0 Å². The van der Waals surface area contributed by atoms with Crippen molar-refractivity contribution in [3.05, 3.63) is 17.2 Å². The number of aromatic nitrogens is 2. The maximum atomic E-state index is 4.77. The van der Waals surface area contributed by atoms with E-state index in [9.17, 15) is 0 Å². The first-order valence-electron chi connectivity index (χ1n) is 5.91. The first-order chi connectivity index (χ1) is 7.11. The third kappa shape index (κ3) is 1.81. The molecule has 1 aromatic rings. The van der Waals surface area contributed by atoms with E-state index in [1.54, 1.807) is 0 Å². The fourth-order valence-corrected chi connectivity index (χ4v) is 2.34. The molecule has 0 unspecified atom stereocenters. The van der Waals surface area contributed by atoms with E-state index < -0.39 is 0 Å². The lowest BCUT2D eigenvalue weighted by atomic mass is 10.1. The Labute approximate surface area is 91.9 Å². The number of hydrogen-bond donors (Lipinski definition) is 1. The van der Waals surface area contributed by atoms with Gasteiger partial charge in [0.05, 0.1) is 5.69 Å². The summed E-state index contributed by atoms with van der Waals surface area (Å²) in [4.78, 5) is 4.77. The van der Waals surface area contributed by atoms with Crippen LogP contribution >= 0.6 is 0 Å². The van der Waals surface area contributed by atoms with Gasteiger partial charge in [-0.15, -0.1) is 0 Å². The highest BCUT2D eigenvalue weighted by molar-refractivity contribution is 5.22. The third-order valence-corrected chi connectivity index (χ3v) is 2.98. The summed E-state index contributed by atoms with van der Waals surface area (Å²) in [5.41, 5.74) is 2.71. The molecule has 1 aromatic heterocycles. The monoisotopic (exact) mass is 207 g/mol. The fraction of sp³-hybridized carbons (Fsp3) is 0.750. The van der Waals surface area contributed by atoms with Crippen LogP contribution in [-0.2, 0) is 13.0 Å². The average Bonchev–Trinajstić information content (AvgIpc) is 2.56. The topological polar surface area (TPSA) is 29.9 Å². The molecule has 1 N–H and O–H groups in total. The van der Waals surface area contributed by atoms with E-state index in [1.165, 1.54) is 17.2 Å². The van der Waals surface area contributed by atoms with E-state index in [0.29, 0.717) is 12.0 Å². The van der Waals surface area contributed by atoms with Crippen molar-refractivity contribution in [2.75, 3.05) is 6.54 Å². The van der Waals surface area contributed by atoms with Gasteiger partial charge in [-0.25, -0.2) is 4.98 Å². The molecular formula is C12H21N3. The zero-order valence-corrected chi connectivity index (χ0v) is 10.2. The van der Waals surface area contributed by atoms with E-state index in [-0.39, 0.29) is 0 Å². The van der Waals surface area contributed by atoms with E-state index in [1.807, 2.05) is 0 Å². The quantitative estimate of drug-likeness (QED) is 0.806. The van der Waals surface area contributed by atoms with Gasteiger partial charge in [0.2, 0.25) is 0 Å². The van der Waals surface area contributed by atoms with Crippen molar-refractivity contribution in [2.24, 2.45) is 0 Å². The molecule has 0 radical (unpaired) electrons. The number of imidazole rings is 1.